The molecule has 2 N–H and O–H groups in total. The number of carbonyl (C=O) groups is 2. The number of benzene rings is 1. The Bertz CT molecular complexity index is 840. The Morgan fingerprint density at radius 3 is 2.62 bits per heavy atom. The maximum absolute atomic E-state index is 12.3. The highest BCUT2D eigenvalue weighted by atomic mass is 32.1. The fourth-order valence-electron chi connectivity index (χ4n) is 3.18. The molecule has 0 saturated carbocycles. The van der Waals surface area contributed by atoms with E-state index < -0.39 is 0 Å². The molecule has 0 saturated heterocycles. The largest absolute Gasteiger partial charge is 0.492 e. The first-order valence-corrected chi connectivity index (χ1v) is 10.8. The lowest BCUT2D eigenvalue weighted by Gasteiger charge is -2.27. The molecule has 1 aromatic carbocycles. The second kappa shape index (κ2) is 9.31. The van der Waals surface area contributed by atoms with Crippen LogP contribution in [0.3, 0.4) is 0 Å². The summed E-state index contributed by atoms with van der Waals surface area (Å²) in [4.78, 5) is 27.4. The number of hydrogen-bond acceptors (Lipinski definition) is 4. The van der Waals surface area contributed by atoms with Crippen molar-refractivity contribution in [1.82, 2.24) is 15.5 Å². The van der Waals surface area contributed by atoms with Gasteiger partial charge in [-0.25, -0.2) is 4.79 Å². The molecule has 6 nitrogen and oxygen atoms in total. The van der Waals surface area contributed by atoms with Crippen LogP contribution >= 0.6 is 11.3 Å². The molecule has 0 bridgehead atoms. The van der Waals surface area contributed by atoms with Gasteiger partial charge in [0.15, 0.2) is 0 Å². The molecule has 0 unspecified atom stereocenters. The Labute approximate surface area is 176 Å². The molecule has 1 aliphatic rings. The van der Waals surface area contributed by atoms with Crippen molar-refractivity contribution in [3.05, 3.63) is 51.7 Å². The summed E-state index contributed by atoms with van der Waals surface area (Å²) in [7, 11) is 0. The first-order chi connectivity index (χ1) is 13.8. The zero-order valence-electron chi connectivity index (χ0n) is 17.3. The molecule has 2 heterocycles. The summed E-state index contributed by atoms with van der Waals surface area (Å²) in [5.74, 6) is 0.709. The number of amides is 3. The number of hydrogen-bond donors (Lipinski definition) is 2. The Morgan fingerprint density at radius 2 is 1.90 bits per heavy atom. The predicted octanol–water partition coefficient (Wildman–Crippen LogP) is 3.31. The van der Waals surface area contributed by atoms with Crippen LogP contribution in [0.2, 0.25) is 0 Å². The molecule has 1 aliphatic heterocycles. The highest BCUT2D eigenvalue weighted by Crippen LogP contribution is 2.24. The van der Waals surface area contributed by atoms with Gasteiger partial charge in [0.1, 0.15) is 12.4 Å². The first kappa shape index (κ1) is 21.2. The van der Waals surface area contributed by atoms with Crippen molar-refractivity contribution in [2.24, 2.45) is 0 Å². The van der Waals surface area contributed by atoms with E-state index in [0.717, 1.165) is 12.2 Å². The van der Waals surface area contributed by atoms with Crippen LogP contribution in [-0.2, 0) is 23.2 Å². The minimum absolute atomic E-state index is 0.000423. The molecule has 0 aliphatic carbocycles. The number of urea groups is 1. The second-order valence-electron chi connectivity index (χ2n) is 8.17. The second-order valence-corrected chi connectivity index (χ2v) is 9.17. The van der Waals surface area contributed by atoms with Gasteiger partial charge in [-0.1, -0.05) is 32.9 Å². The van der Waals surface area contributed by atoms with Crippen molar-refractivity contribution in [3.63, 3.8) is 0 Å². The van der Waals surface area contributed by atoms with Gasteiger partial charge >= 0.3 is 6.03 Å². The quantitative estimate of drug-likeness (QED) is 0.711. The average Bonchev–Trinajstić information content (AvgIpc) is 3.17. The van der Waals surface area contributed by atoms with Gasteiger partial charge in [0, 0.05) is 18.0 Å². The molecular weight excluding hydrogens is 386 g/mol. The highest BCUT2D eigenvalue weighted by Gasteiger charge is 2.21. The fourth-order valence-corrected chi connectivity index (χ4v) is 4.07. The summed E-state index contributed by atoms with van der Waals surface area (Å²) in [5.41, 5.74) is 2.57. The minimum Gasteiger partial charge on any atom is -0.492 e. The molecule has 156 valence electrons. The van der Waals surface area contributed by atoms with Gasteiger partial charge in [0.25, 0.3) is 0 Å². The summed E-state index contributed by atoms with van der Waals surface area (Å²) in [6, 6.07) is 9.70. The maximum atomic E-state index is 12.3. The zero-order valence-corrected chi connectivity index (χ0v) is 18.1. The molecule has 0 atom stereocenters. The summed E-state index contributed by atoms with van der Waals surface area (Å²) in [6.45, 7) is 8.56. The number of carbonyl (C=O) groups excluding carboxylic acids is 2. The normalized spacial score (nSPS) is 13.6. The Hall–Kier alpha value is -2.54. The standard InChI is InChI=1S/C22H29N3O3S/c1-22(2,3)17-4-6-18(7-5-17)28-12-10-23-21(27)24-14-20(26)25-11-8-19-16(15-25)9-13-29-19/h4-7,9,13H,8,10-12,14-15H2,1-3H3,(H2,23,24,27). The molecule has 3 rings (SSSR count). The van der Waals surface area contributed by atoms with Crippen LogP contribution in [0, 0.1) is 0 Å². The average molecular weight is 416 g/mol. The summed E-state index contributed by atoms with van der Waals surface area (Å²) < 4.78 is 5.65. The minimum atomic E-state index is -0.363. The Balaban J connectivity index is 1.32. The van der Waals surface area contributed by atoms with E-state index in [0.29, 0.717) is 26.2 Å². The molecule has 1 aromatic heterocycles. The lowest BCUT2D eigenvalue weighted by Crippen LogP contribution is -2.45. The third-order valence-corrected chi connectivity index (χ3v) is 5.96. The lowest BCUT2D eigenvalue weighted by molar-refractivity contribution is -0.130. The van der Waals surface area contributed by atoms with E-state index in [1.807, 2.05) is 12.1 Å². The van der Waals surface area contributed by atoms with Crippen LogP contribution in [-0.4, -0.2) is 43.1 Å². The first-order valence-electron chi connectivity index (χ1n) is 9.91. The van der Waals surface area contributed by atoms with Crippen molar-refractivity contribution < 1.29 is 14.3 Å². The van der Waals surface area contributed by atoms with Gasteiger partial charge in [-0.2, -0.15) is 0 Å². The highest BCUT2D eigenvalue weighted by molar-refractivity contribution is 7.10. The molecule has 0 spiro atoms. The van der Waals surface area contributed by atoms with Crippen molar-refractivity contribution in [2.75, 3.05) is 26.2 Å². The van der Waals surface area contributed by atoms with Crippen LogP contribution in [0.25, 0.3) is 0 Å². The van der Waals surface area contributed by atoms with Gasteiger partial charge < -0.3 is 20.3 Å². The summed E-state index contributed by atoms with van der Waals surface area (Å²) >= 11 is 1.74. The SMILES string of the molecule is CC(C)(C)c1ccc(OCCNC(=O)NCC(=O)N2CCc3sccc3C2)cc1. The summed E-state index contributed by atoms with van der Waals surface area (Å²) in [6.07, 6.45) is 0.888. The van der Waals surface area contributed by atoms with E-state index in [-0.39, 0.29) is 23.9 Å². The van der Waals surface area contributed by atoms with E-state index in [1.165, 1.54) is 16.0 Å². The number of nitrogens with zero attached hydrogens (tertiary/aromatic N) is 1. The fraction of sp³-hybridized carbons (Fsp3) is 0.455. The number of rotatable bonds is 6. The molecule has 0 fully saturated rings. The molecule has 3 amide bonds. The van der Waals surface area contributed by atoms with Crippen LogP contribution in [0.1, 0.15) is 36.8 Å². The van der Waals surface area contributed by atoms with Crippen LogP contribution in [0.15, 0.2) is 35.7 Å². The molecule has 7 heteroatoms. The lowest BCUT2D eigenvalue weighted by atomic mass is 9.87. The van der Waals surface area contributed by atoms with Gasteiger partial charge in [0.2, 0.25) is 5.91 Å². The van der Waals surface area contributed by atoms with Gasteiger partial charge in [-0.15, -0.1) is 11.3 Å². The predicted molar refractivity (Wildman–Crippen MR) is 115 cm³/mol. The third-order valence-electron chi connectivity index (χ3n) is 4.94. The van der Waals surface area contributed by atoms with Crippen LogP contribution in [0.4, 0.5) is 4.79 Å². The van der Waals surface area contributed by atoms with Gasteiger partial charge in [-0.3, -0.25) is 4.79 Å². The monoisotopic (exact) mass is 415 g/mol. The summed E-state index contributed by atoms with van der Waals surface area (Å²) in [5, 5.41) is 7.40. The number of fused-ring (bicyclic) bond motifs is 1. The Morgan fingerprint density at radius 1 is 1.14 bits per heavy atom. The van der Waals surface area contributed by atoms with Crippen molar-refractivity contribution >= 4 is 23.3 Å². The van der Waals surface area contributed by atoms with Gasteiger partial charge in [0.05, 0.1) is 13.1 Å². The number of thiophene rings is 1. The maximum Gasteiger partial charge on any atom is 0.315 e. The number of ether oxygens (including phenoxy) is 1. The van der Waals surface area contributed by atoms with Gasteiger partial charge in [-0.05, 0) is 46.5 Å². The van der Waals surface area contributed by atoms with Crippen molar-refractivity contribution in [3.8, 4) is 5.75 Å². The topological polar surface area (TPSA) is 70.7 Å². The van der Waals surface area contributed by atoms with Crippen molar-refractivity contribution in [2.45, 2.75) is 39.2 Å². The van der Waals surface area contributed by atoms with Crippen molar-refractivity contribution in [1.29, 1.82) is 0 Å². The smallest absolute Gasteiger partial charge is 0.315 e. The molecule has 29 heavy (non-hydrogen) atoms. The number of nitrogens with one attached hydrogen (secondary N) is 2. The third kappa shape index (κ3) is 5.97. The van der Waals surface area contributed by atoms with E-state index in [4.69, 9.17) is 4.74 Å². The molecular formula is C22H29N3O3S. The zero-order chi connectivity index (χ0) is 20.9. The van der Waals surface area contributed by atoms with E-state index in [2.05, 4.69) is 55.0 Å². The van der Waals surface area contributed by atoms with E-state index in [9.17, 15) is 9.59 Å². The van der Waals surface area contributed by atoms with E-state index >= 15 is 0 Å². The van der Waals surface area contributed by atoms with E-state index in [1.54, 1.807) is 16.2 Å². The Kier molecular flexibility index (Phi) is 6.79. The van der Waals surface area contributed by atoms with Crippen LogP contribution in [0.5, 0.6) is 5.75 Å². The molecule has 0 radical (unpaired) electrons. The molecule has 2 aromatic rings. The van der Waals surface area contributed by atoms with Crippen LogP contribution < -0.4 is 15.4 Å².